The molecule has 1 amide bonds. The molecule has 0 saturated heterocycles. The Morgan fingerprint density at radius 2 is 2.07 bits per heavy atom. The second-order valence-electron chi connectivity index (χ2n) is 4.25. The van der Waals surface area contributed by atoms with Crippen LogP contribution in [-0.4, -0.2) is 28.9 Å². The summed E-state index contributed by atoms with van der Waals surface area (Å²) in [5.41, 5.74) is 2.62. The molecule has 3 nitrogen and oxygen atoms in total. The monoisotopic (exact) mass is 204 g/mol. The number of carbonyl (C=O) groups excluding carboxylic acids is 1. The second-order valence-corrected chi connectivity index (χ2v) is 4.25. The highest BCUT2D eigenvalue weighted by atomic mass is 16.2. The maximum atomic E-state index is 12.0. The van der Waals surface area contributed by atoms with E-state index >= 15 is 0 Å². The van der Waals surface area contributed by atoms with Crippen molar-refractivity contribution in [3.8, 4) is 0 Å². The summed E-state index contributed by atoms with van der Waals surface area (Å²) in [6.07, 6.45) is 2.26. The highest BCUT2D eigenvalue weighted by Gasteiger charge is 2.30. The lowest BCUT2D eigenvalue weighted by Crippen LogP contribution is -2.29. The minimum atomic E-state index is 0.0422. The average molecular weight is 204 g/mol. The third-order valence-corrected chi connectivity index (χ3v) is 2.98. The van der Waals surface area contributed by atoms with Crippen LogP contribution in [0.4, 0.5) is 0 Å². The van der Waals surface area contributed by atoms with E-state index in [1.165, 1.54) is 0 Å². The lowest BCUT2D eigenvalue weighted by atomic mass is 10.2. The molecule has 1 aliphatic rings. The summed E-state index contributed by atoms with van der Waals surface area (Å²) in [7, 11) is 1.86. The van der Waals surface area contributed by atoms with E-state index in [0.29, 0.717) is 11.7 Å². The van der Waals surface area contributed by atoms with Crippen LogP contribution in [0, 0.1) is 13.8 Å². The minimum absolute atomic E-state index is 0.0422. The zero-order valence-corrected chi connectivity index (χ0v) is 9.45. The van der Waals surface area contributed by atoms with Crippen molar-refractivity contribution in [2.24, 2.45) is 0 Å². The predicted molar refractivity (Wildman–Crippen MR) is 58.8 cm³/mol. The van der Waals surface area contributed by atoms with Gasteiger partial charge in [0.25, 0.3) is 5.91 Å². The first-order valence-corrected chi connectivity index (χ1v) is 5.31. The molecule has 0 aromatic carbocycles. The molecule has 1 aromatic rings. The number of pyridine rings is 1. The van der Waals surface area contributed by atoms with Gasteiger partial charge in [-0.2, -0.15) is 0 Å². The number of aryl methyl sites for hydroxylation is 2. The fraction of sp³-hybridized carbons (Fsp3) is 0.500. The topological polar surface area (TPSA) is 33.2 Å². The van der Waals surface area contributed by atoms with Gasteiger partial charge in [-0.25, -0.2) is 4.98 Å². The Hall–Kier alpha value is -1.38. The molecule has 15 heavy (non-hydrogen) atoms. The molecule has 0 N–H and O–H groups in total. The highest BCUT2D eigenvalue weighted by Crippen LogP contribution is 2.26. The van der Waals surface area contributed by atoms with Crippen molar-refractivity contribution in [3.05, 3.63) is 29.1 Å². The van der Waals surface area contributed by atoms with Gasteiger partial charge in [0.2, 0.25) is 0 Å². The Balaban J connectivity index is 2.21. The molecule has 0 radical (unpaired) electrons. The molecular weight excluding hydrogens is 188 g/mol. The van der Waals surface area contributed by atoms with Crippen LogP contribution in [0.15, 0.2) is 12.1 Å². The van der Waals surface area contributed by atoms with Gasteiger partial charge in [0.05, 0.1) is 0 Å². The zero-order valence-electron chi connectivity index (χ0n) is 9.45. The van der Waals surface area contributed by atoms with E-state index in [1.54, 1.807) is 4.90 Å². The molecule has 0 aliphatic heterocycles. The van der Waals surface area contributed by atoms with Gasteiger partial charge in [0.15, 0.2) is 0 Å². The van der Waals surface area contributed by atoms with Crippen LogP contribution in [0.5, 0.6) is 0 Å². The van der Waals surface area contributed by atoms with E-state index in [4.69, 9.17) is 0 Å². The summed E-state index contributed by atoms with van der Waals surface area (Å²) in [4.78, 5) is 18.1. The highest BCUT2D eigenvalue weighted by molar-refractivity contribution is 5.92. The fourth-order valence-corrected chi connectivity index (χ4v) is 1.56. The SMILES string of the molecule is Cc1ccc(C(=O)N(C)C2CC2)nc1C. The summed E-state index contributed by atoms with van der Waals surface area (Å²) in [6.45, 7) is 3.93. The van der Waals surface area contributed by atoms with Gasteiger partial charge < -0.3 is 4.90 Å². The first-order chi connectivity index (χ1) is 7.09. The van der Waals surface area contributed by atoms with Gasteiger partial charge in [0, 0.05) is 18.8 Å². The first-order valence-electron chi connectivity index (χ1n) is 5.31. The molecule has 1 heterocycles. The molecule has 1 aromatic heterocycles. The minimum Gasteiger partial charge on any atom is -0.337 e. The van der Waals surface area contributed by atoms with Crippen LogP contribution in [0.25, 0.3) is 0 Å². The zero-order chi connectivity index (χ0) is 11.0. The predicted octanol–water partition coefficient (Wildman–Crippen LogP) is 1.93. The van der Waals surface area contributed by atoms with E-state index < -0.39 is 0 Å². The van der Waals surface area contributed by atoms with Crippen molar-refractivity contribution >= 4 is 5.91 Å². The van der Waals surface area contributed by atoms with E-state index in [0.717, 1.165) is 24.1 Å². The molecule has 1 saturated carbocycles. The van der Waals surface area contributed by atoms with Gasteiger partial charge in [-0.15, -0.1) is 0 Å². The maximum absolute atomic E-state index is 12.0. The molecule has 0 unspecified atom stereocenters. The van der Waals surface area contributed by atoms with E-state index in [-0.39, 0.29) is 5.91 Å². The van der Waals surface area contributed by atoms with Crippen LogP contribution in [0.2, 0.25) is 0 Å². The Labute approximate surface area is 90.1 Å². The number of amides is 1. The summed E-state index contributed by atoms with van der Waals surface area (Å²) >= 11 is 0. The van der Waals surface area contributed by atoms with Crippen molar-refractivity contribution in [1.29, 1.82) is 0 Å². The van der Waals surface area contributed by atoms with Crippen LogP contribution in [-0.2, 0) is 0 Å². The fourth-order valence-electron chi connectivity index (χ4n) is 1.56. The molecule has 80 valence electrons. The van der Waals surface area contributed by atoms with Gasteiger partial charge in [-0.3, -0.25) is 4.79 Å². The van der Waals surface area contributed by atoms with Crippen molar-refractivity contribution in [3.63, 3.8) is 0 Å². The first kappa shape index (κ1) is 10.1. The summed E-state index contributed by atoms with van der Waals surface area (Å²) in [5, 5.41) is 0. The number of carbonyl (C=O) groups is 1. The summed E-state index contributed by atoms with van der Waals surface area (Å²) in [6, 6.07) is 4.21. The van der Waals surface area contributed by atoms with Gasteiger partial charge in [0.1, 0.15) is 5.69 Å². The molecule has 0 bridgehead atoms. The van der Waals surface area contributed by atoms with E-state index in [1.807, 2.05) is 33.0 Å². The Morgan fingerprint density at radius 1 is 1.40 bits per heavy atom. The lowest BCUT2D eigenvalue weighted by molar-refractivity contribution is 0.0779. The van der Waals surface area contributed by atoms with E-state index in [9.17, 15) is 4.79 Å². The van der Waals surface area contributed by atoms with Crippen molar-refractivity contribution in [2.75, 3.05) is 7.05 Å². The Kier molecular flexibility index (Phi) is 2.47. The summed E-state index contributed by atoms with van der Waals surface area (Å²) in [5.74, 6) is 0.0422. The largest absolute Gasteiger partial charge is 0.337 e. The number of hydrogen-bond donors (Lipinski definition) is 0. The Bertz CT molecular complexity index is 397. The molecule has 2 rings (SSSR count). The Morgan fingerprint density at radius 3 is 2.60 bits per heavy atom. The van der Waals surface area contributed by atoms with Crippen molar-refractivity contribution in [2.45, 2.75) is 32.7 Å². The van der Waals surface area contributed by atoms with Gasteiger partial charge >= 0.3 is 0 Å². The van der Waals surface area contributed by atoms with Gasteiger partial charge in [-0.1, -0.05) is 6.07 Å². The quantitative estimate of drug-likeness (QED) is 0.737. The van der Waals surface area contributed by atoms with E-state index in [2.05, 4.69) is 4.98 Å². The normalized spacial score (nSPS) is 15.1. The van der Waals surface area contributed by atoms with Crippen molar-refractivity contribution in [1.82, 2.24) is 9.88 Å². The van der Waals surface area contributed by atoms with Crippen LogP contribution in [0.3, 0.4) is 0 Å². The molecule has 0 spiro atoms. The molecule has 0 atom stereocenters. The number of hydrogen-bond acceptors (Lipinski definition) is 2. The van der Waals surface area contributed by atoms with Crippen molar-refractivity contribution < 1.29 is 4.79 Å². The molecule has 1 fully saturated rings. The average Bonchev–Trinajstić information content (AvgIpc) is 3.03. The van der Waals surface area contributed by atoms with Gasteiger partial charge in [-0.05, 0) is 38.3 Å². The van der Waals surface area contributed by atoms with Crippen LogP contribution >= 0.6 is 0 Å². The smallest absolute Gasteiger partial charge is 0.272 e. The standard InChI is InChI=1S/C12H16N2O/c1-8-4-7-11(13-9(8)2)12(15)14(3)10-5-6-10/h4,7,10H,5-6H2,1-3H3. The number of rotatable bonds is 2. The molecule has 3 heteroatoms. The number of nitrogens with zero attached hydrogens (tertiary/aromatic N) is 2. The lowest BCUT2D eigenvalue weighted by Gasteiger charge is -2.15. The summed E-state index contributed by atoms with van der Waals surface area (Å²) < 4.78 is 0. The number of aromatic nitrogens is 1. The molecule has 1 aliphatic carbocycles. The third kappa shape index (κ3) is 2.01. The third-order valence-electron chi connectivity index (χ3n) is 2.98. The second kappa shape index (κ2) is 3.65. The molecular formula is C12H16N2O. The van der Waals surface area contributed by atoms with Crippen LogP contribution < -0.4 is 0 Å². The van der Waals surface area contributed by atoms with Crippen LogP contribution in [0.1, 0.15) is 34.6 Å². The maximum Gasteiger partial charge on any atom is 0.272 e.